The van der Waals surface area contributed by atoms with Crippen molar-refractivity contribution in [3.63, 3.8) is 0 Å². The number of nitrogen functional groups attached to an aromatic ring is 1. The van der Waals surface area contributed by atoms with Gasteiger partial charge in [-0.15, -0.1) is 0 Å². The van der Waals surface area contributed by atoms with E-state index in [1.165, 1.54) is 35.7 Å². The average molecular weight is 344 g/mol. The summed E-state index contributed by atoms with van der Waals surface area (Å²) < 4.78 is 31.1. The van der Waals surface area contributed by atoms with Gasteiger partial charge in [0.2, 0.25) is 5.91 Å². The molecule has 0 radical (unpaired) electrons. The lowest BCUT2D eigenvalue weighted by Gasteiger charge is -2.19. The van der Waals surface area contributed by atoms with Crippen molar-refractivity contribution in [2.45, 2.75) is 18.2 Å². The highest BCUT2D eigenvalue weighted by molar-refractivity contribution is 8.13. The Balaban J connectivity index is 2.18. The first-order valence-corrected chi connectivity index (χ1v) is 8.92. The fraction of sp³-hybridized carbons (Fsp3) is 0.385. The number of nitrogens with two attached hydrogens (primary N) is 1. The molecule has 9 heteroatoms. The third-order valence-electron chi connectivity index (χ3n) is 3.32. The molecule has 0 saturated carbocycles. The van der Waals surface area contributed by atoms with E-state index in [9.17, 15) is 18.0 Å². The van der Waals surface area contributed by atoms with Gasteiger partial charge in [0.1, 0.15) is 0 Å². The van der Waals surface area contributed by atoms with Gasteiger partial charge in [-0.25, -0.2) is 0 Å². The molecule has 0 bridgehead atoms. The standard InChI is InChI=1S/C13H16N2O5S2/c1-8(16)21-7-9-4-13(17)15(6-9)12-3-2-10(5-11(12)14)22(18,19)20/h2-3,5,9H,4,6-7,14H2,1H3,(H,18,19,20). The van der Waals surface area contributed by atoms with Gasteiger partial charge in [0.05, 0.1) is 16.3 Å². The van der Waals surface area contributed by atoms with Crippen LogP contribution in [0, 0.1) is 5.92 Å². The number of hydrogen-bond acceptors (Lipinski definition) is 6. The van der Waals surface area contributed by atoms with Crippen LogP contribution in [0.3, 0.4) is 0 Å². The van der Waals surface area contributed by atoms with Crippen LogP contribution in [0.25, 0.3) is 0 Å². The highest BCUT2D eigenvalue weighted by Gasteiger charge is 2.32. The van der Waals surface area contributed by atoms with Gasteiger partial charge in [0.25, 0.3) is 10.1 Å². The average Bonchev–Trinajstić information content (AvgIpc) is 2.76. The number of nitrogens with zero attached hydrogens (tertiary/aromatic N) is 1. The lowest BCUT2D eigenvalue weighted by atomic mass is 10.1. The van der Waals surface area contributed by atoms with Crippen molar-refractivity contribution >= 4 is 44.3 Å². The molecule has 22 heavy (non-hydrogen) atoms. The predicted molar refractivity (Wildman–Crippen MR) is 84.3 cm³/mol. The Morgan fingerprint density at radius 1 is 1.50 bits per heavy atom. The zero-order valence-electron chi connectivity index (χ0n) is 11.9. The van der Waals surface area contributed by atoms with E-state index in [-0.39, 0.29) is 27.5 Å². The van der Waals surface area contributed by atoms with E-state index in [1.807, 2.05) is 0 Å². The largest absolute Gasteiger partial charge is 0.397 e. The third kappa shape index (κ3) is 3.79. The number of thioether (sulfide) groups is 1. The molecule has 1 atom stereocenters. The van der Waals surface area contributed by atoms with Crippen molar-refractivity contribution in [1.82, 2.24) is 0 Å². The molecule has 0 aliphatic carbocycles. The van der Waals surface area contributed by atoms with E-state index < -0.39 is 10.1 Å². The molecule has 1 aromatic rings. The minimum absolute atomic E-state index is 0.00270. The summed E-state index contributed by atoms with van der Waals surface area (Å²) in [6, 6.07) is 3.72. The Morgan fingerprint density at radius 3 is 2.73 bits per heavy atom. The molecule has 0 aromatic heterocycles. The molecule has 1 saturated heterocycles. The third-order valence-corrected chi connectivity index (χ3v) is 5.21. The molecule has 1 heterocycles. The van der Waals surface area contributed by atoms with Gasteiger partial charge < -0.3 is 10.6 Å². The van der Waals surface area contributed by atoms with Gasteiger partial charge in [0, 0.05) is 25.6 Å². The second-order valence-electron chi connectivity index (χ2n) is 5.07. The van der Waals surface area contributed by atoms with Crippen LogP contribution >= 0.6 is 11.8 Å². The fourth-order valence-electron chi connectivity index (χ4n) is 2.30. The molecular weight excluding hydrogens is 328 g/mol. The summed E-state index contributed by atoms with van der Waals surface area (Å²) in [6.45, 7) is 1.90. The van der Waals surface area contributed by atoms with Crippen LogP contribution in [0.5, 0.6) is 0 Å². The topological polar surface area (TPSA) is 118 Å². The predicted octanol–water partition coefficient (Wildman–Crippen LogP) is 1.15. The number of carbonyl (C=O) groups is 2. The van der Waals surface area contributed by atoms with Crippen molar-refractivity contribution in [3.8, 4) is 0 Å². The van der Waals surface area contributed by atoms with E-state index in [4.69, 9.17) is 10.3 Å². The van der Waals surface area contributed by atoms with E-state index in [0.29, 0.717) is 24.4 Å². The molecular formula is C13H16N2O5S2. The normalized spacial score (nSPS) is 18.7. The number of anilines is 2. The highest BCUT2D eigenvalue weighted by Crippen LogP contribution is 2.32. The Kier molecular flexibility index (Phi) is 4.78. The number of amides is 1. The van der Waals surface area contributed by atoms with Gasteiger partial charge >= 0.3 is 0 Å². The minimum atomic E-state index is -4.33. The fourth-order valence-corrected chi connectivity index (χ4v) is 3.51. The second-order valence-corrected chi connectivity index (χ2v) is 7.69. The molecule has 7 nitrogen and oxygen atoms in total. The molecule has 2 rings (SSSR count). The Morgan fingerprint density at radius 2 is 2.18 bits per heavy atom. The smallest absolute Gasteiger partial charge is 0.294 e. The summed E-state index contributed by atoms with van der Waals surface area (Å²) in [7, 11) is -4.33. The molecule has 1 amide bonds. The summed E-state index contributed by atoms with van der Waals surface area (Å²) in [5.41, 5.74) is 6.31. The van der Waals surface area contributed by atoms with Crippen LogP contribution in [-0.4, -0.2) is 36.3 Å². The molecule has 120 valence electrons. The van der Waals surface area contributed by atoms with E-state index in [1.54, 1.807) is 0 Å². The molecule has 1 aromatic carbocycles. The highest BCUT2D eigenvalue weighted by atomic mass is 32.2. The van der Waals surface area contributed by atoms with Crippen LogP contribution in [0.15, 0.2) is 23.1 Å². The number of rotatable bonds is 4. The first-order chi connectivity index (χ1) is 10.2. The Hall–Kier alpha value is -1.58. The first kappa shape index (κ1) is 16.8. The van der Waals surface area contributed by atoms with Crippen LogP contribution in [0.2, 0.25) is 0 Å². The van der Waals surface area contributed by atoms with Gasteiger partial charge in [-0.1, -0.05) is 11.8 Å². The van der Waals surface area contributed by atoms with Gasteiger partial charge in [-0.05, 0) is 24.1 Å². The summed E-state index contributed by atoms with van der Waals surface area (Å²) in [5, 5.41) is 0.00270. The lowest BCUT2D eigenvalue weighted by molar-refractivity contribution is -0.117. The monoisotopic (exact) mass is 344 g/mol. The van der Waals surface area contributed by atoms with E-state index in [0.717, 1.165) is 6.07 Å². The van der Waals surface area contributed by atoms with Crippen molar-refractivity contribution in [2.24, 2.45) is 5.92 Å². The second kappa shape index (κ2) is 6.27. The van der Waals surface area contributed by atoms with E-state index >= 15 is 0 Å². The van der Waals surface area contributed by atoms with Crippen LogP contribution < -0.4 is 10.6 Å². The summed E-state index contributed by atoms with van der Waals surface area (Å²) in [5.74, 6) is 0.475. The number of benzene rings is 1. The van der Waals surface area contributed by atoms with Crippen molar-refractivity contribution in [3.05, 3.63) is 18.2 Å². The van der Waals surface area contributed by atoms with Crippen molar-refractivity contribution in [1.29, 1.82) is 0 Å². The lowest BCUT2D eigenvalue weighted by Crippen LogP contribution is -2.25. The van der Waals surface area contributed by atoms with Gasteiger partial charge in [0.15, 0.2) is 5.12 Å². The summed E-state index contributed by atoms with van der Waals surface area (Å²) in [4.78, 5) is 24.2. The first-order valence-electron chi connectivity index (χ1n) is 6.49. The summed E-state index contributed by atoms with van der Waals surface area (Å²) in [6.07, 6.45) is 0.319. The molecule has 0 spiro atoms. The minimum Gasteiger partial charge on any atom is -0.397 e. The quantitative estimate of drug-likeness (QED) is 0.621. The van der Waals surface area contributed by atoms with Crippen LogP contribution in [-0.2, 0) is 19.7 Å². The molecule has 1 unspecified atom stereocenters. The molecule has 3 N–H and O–H groups in total. The van der Waals surface area contributed by atoms with Crippen LogP contribution in [0.4, 0.5) is 11.4 Å². The maximum atomic E-state index is 12.1. The molecule has 1 aliphatic rings. The molecule has 1 aliphatic heterocycles. The van der Waals surface area contributed by atoms with E-state index in [2.05, 4.69) is 0 Å². The van der Waals surface area contributed by atoms with Crippen molar-refractivity contribution < 1.29 is 22.6 Å². The SMILES string of the molecule is CC(=O)SCC1CC(=O)N(c2ccc(S(=O)(=O)O)cc2N)C1. The Labute approximate surface area is 132 Å². The number of hydrogen-bond donors (Lipinski definition) is 2. The van der Waals surface area contributed by atoms with Crippen molar-refractivity contribution in [2.75, 3.05) is 22.9 Å². The zero-order chi connectivity index (χ0) is 16.5. The maximum Gasteiger partial charge on any atom is 0.294 e. The van der Waals surface area contributed by atoms with Crippen LogP contribution in [0.1, 0.15) is 13.3 Å². The zero-order valence-corrected chi connectivity index (χ0v) is 13.5. The Bertz CT molecular complexity index is 717. The maximum absolute atomic E-state index is 12.1. The molecule has 1 fully saturated rings. The summed E-state index contributed by atoms with van der Waals surface area (Å²) >= 11 is 1.18. The van der Waals surface area contributed by atoms with Gasteiger partial charge in [-0.3, -0.25) is 14.1 Å². The van der Waals surface area contributed by atoms with Gasteiger partial charge in [-0.2, -0.15) is 8.42 Å². The number of carbonyl (C=O) groups excluding carboxylic acids is 2.